The standard InChI is InChI=1S/C24H20N6O3S/c25-21-18(22(32)27-24(33)30(21)16-11-12-16)17(31)13-34-23-26-19(14-7-3-1-4-8-14)20(28-29-23)15-9-5-2-6-10-15/h1-10,16H,11-13,25H2,(H,27,32,33). The smallest absolute Gasteiger partial charge is 0.330 e. The summed E-state index contributed by atoms with van der Waals surface area (Å²) in [5.41, 5.74) is 7.46. The Balaban J connectivity index is 1.45. The Bertz CT molecular complexity index is 1480. The number of carbonyl (C=O) groups is 1. The highest BCUT2D eigenvalue weighted by Crippen LogP contribution is 2.35. The molecule has 0 bridgehead atoms. The van der Waals surface area contributed by atoms with Gasteiger partial charge in [0.1, 0.15) is 22.8 Å². The van der Waals surface area contributed by atoms with Crippen LogP contribution in [-0.4, -0.2) is 36.3 Å². The highest BCUT2D eigenvalue weighted by molar-refractivity contribution is 7.99. The molecular formula is C24H20N6O3S. The Morgan fingerprint density at radius 1 is 0.971 bits per heavy atom. The highest BCUT2D eigenvalue weighted by Gasteiger charge is 2.30. The van der Waals surface area contributed by atoms with E-state index < -0.39 is 17.0 Å². The van der Waals surface area contributed by atoms with Crippen LogP contribution in [0.4, 0.5) is 5.82 Å². The first-order chi connectivity index (χ1) is 16.5. The van der Waals surface area contributed by atoms with Crippen LogP contribution in [0.2, 0.25) is 0 Å². The molecule has 0 unspecified atom stereocenters. The van der Waals surface area contributed by atoms with Crippen molar-refractivity contribution in [1.29, 1.82) is 0 Å². The van der Waals surface area contributed by atoms with Crippen molar-refractivity contribution >= 4 is 23.4 Å². The number of aromatic amines is 1. The van der Waals surface area contributed by atoms with Gasteiger partial charge in [-0.05, 0) is 12.8 Å². The molecule has 0 aliphatic heterocycles. The number of thioether (sulfide) groups is 1. The number of nitrogens with two attached hydrogens (primary N) is 1. The van der Waals surface area contributed by atoms with Crippen LogP contribution in [-0.2, 0) is 0 Å². The lowest BCUT2D eigenvalue weighted by Gasteiger charge is -2.11. The molecule has 1 saturated carbocycles. The summed E-state index contributed by atoms with van der Waals surface area (Å²) < 4.78 is 1.29. The number of carbonyl (C=O) groups excluding carboxylic acids is 1. The Hall–Kier alpha value is -4.05. The van der Waals surface area contributed by atoms with E-state index in [1.54, 1.807) is 0 Å². The molecule has 9 nitrogen and oxygen atoms in total. The summed E-state index contributed by atoms with van der Waals surface area (Å²) in [6.07, 6.45) is 1.57. The Morgan fingerprint density at radius 2 is 1.59 bits per heavy atom. The second-order valence-electron chi connectivity index (χ2n) is 7.86. The fraction of sp³-hybridized carbons (Fsp3) is 0.167. The summed E-state index contributed by atoms with van der Waals surface area (Å²) in [7, 11) is 0. The first-order valence-corrected chi connectivity index (χ1v) is 11.7. The largest absolute Gasteiger partial charge is 0.384 e. The fourth-order valence-corrected chi connectivity index (χ4v) is 4.35. The minimum atomic E-state index is -0.784. The summed E-state index contributed by atoms with van der Waals surface area (Å²) in [5, 5.41) is 8.87. The van der Waals surface area contributed by atoms with E-state index in [1.165, 1.54) is 4.57 Å². The van der Waals surface area contributed by atoms with E-state index in [9.17, 15) is 14.4 Å². The normalized spacial score (nSPS) is 13.1. The van der Waals surface area contributed by atoms with Gasteiger partial charge in [0.05, 0.1) is 5.75 Å². The van der Waals surface area contributed by atoms with Crippen molar-refractivity contribution in [2.45, 2.75) is 24.0 Å². The molecule has 0 atom stereocenters. The van der Waals surface area contributed by atoms with E-state index in [0.29, 0.717) is 11.4 Å². The lowest BCUT2D eigenvalue weighted by Crippen LogP contribution is -2.36. The lowest BCUT2D eigenvalue weighted by molar-refractivity contribution is 0.102. The van der Waals surface area contributed by atoms with Crippen molar-refractivity contribution in [1.82, 2.24) is 24.7 Å². The number of benzene rings is 2. The van der Waals surface area contributed by atoms with Gasteiger partial charge in [0.2, 0.25) is 5.16 Å². The van der Waals surface area contributed by atoms with Crippen molar-refractivity contribution in [3.05, 3.63) is 87.1 Å². The van der Waals surface area contributed by atoms with E-state index in [-0.39, 0.29) is 28.3 Å². The molecule has 10 heteroatoms. The average Bonchev–Trinajstić information content (AvgIpc) is 3.68. The molecule has 1 aliphatic rings. The Morgan fingerprint density at radius 3 is 2.21 bits per heavy atom. The summed E-state index contributed by atoms with van der Waals surface area (Å²) in [6, 6.07) is 19.1. The minimum Gasteiger partial charge on any atom is -0.384 e. The van der Waals surface area contributed by atoms with Gasteiger partial charge in [-0.25, -0.2) is 9.78 Å². The molecule has 5 rings (SSSR count). The molecule has 0 amide bonds. The number of hydrogen-bond acceptors (Lipinski definition) is 8. The number of anilines is 1. The van der Waals surface area contributed by atoms with E-state index >= 15 is 0 Å². The zero-order chi connectivity index (χ0) is 23.7. The predicted octanol–water partition coefficient (Wildman–Crippen LogP) is 2.95. The van der Waals surface area contributed by atoms with Gasteiger partial charge in [0.15, 0.2) is 5.78 Å². The van der Waals surface area contributed by atoms with Crippen LogP contribution in [0.15, 0.2) is 75.4 Å². The number of H-pyrrole nitrogens is 1. The van der Waals surface area contributed by atoms with Gasteiger partial charge in [-0.1, -0.05) is 72.4 Å². The van der Waals surface area contributed by atoms with Gasteiger partial charge < -0.3 is 5.73 Å². The van der Waals surface area contributed by atoms with Crippen molar-refractivity contribution in [2.75, 3.05) is 11.5 Å². The molecule has 1 aliphatic carbocycles. The molecule has 2 heterocycles. The zero-order valence-electron chi connectivity index (χ0n) is 18.0. The third-order valence-corrected chi connectivity index (χ3v) is 6.30. The van der Waals surface area contributed by atoms with E-state index in [4.69, 9.17) is 5.73 Å². The van der Waals surface area contributed by atoms with Crippen molar-refractivity contribution < 1.29 is 4.79 Å². The van der Waals surface area contributed by atoms with Crippen LogP contribution in [0.1, 0.15) is 29.2 Å². The second kappa shape index (κ2) is 9.06. The van der Waals surface area contributed by atoms with E-state index in [2.05, 4.69) is 20.2 Å². The maximum atomic E-state index is 12.9. The molecule has 0 spiro atoms. The maximum absolute atomic E-state index is 12.9. The van der Waals surface area contributed by atoms with Gasteiger partial charge in [-0.2, -0.15) is 0 Å². The molecule has 170 valence electrons. The Labute approximate surface area is 198 Å². The van der Waals surface area contributed by atoms with Crippen LogP contribution in [0, 0.1) is 0 Å². The van der Waals surface area contributed by atoms with Crippen LogP contribution >= 0.6 is 11.8 Å². The topological polar surface area (TPSA) is 137 Å². The van der Waals surface area contributed by atoms with Gasteiger partial charge in [0.25, 0.3) is 5.56 Å². The molecule has 2 aromatic heterocycles. The molecule has 0 saturated heterocycles. The van der Waals surface area contributed by atoms with Crippen LogP contribution < -0.4 is 17.0 Å². The number of nitrogens with one attached hydrogen (secondary N) is 1. The maximum Gasteiger partial charge on any atom is 0.330 e. The van der Waals surface area contributed by atoms with Crippen molar-refractivity contribution in [3.8, 4) is 22.5 Å². The quantitative estimate of drug-likeness (QED) is 0.309. The van der Waals surface area contributed by atoms with E-state index in [1.807, 2.05) is 60.7 Å². The number of hydrogen-bond donors (Lipinski definition) is 2. The molecule has 4 aromatic rings. The number of rotatable bonds is 7. The van der Waals surface area contributed by atoms with Gasteiger partial charge in [0, 0.05) is 17.2 Å². The number of nitrogens with zero attached hydrogens (tertiary/aromatic N) is 4. The van der Waals surface area contributed by atoms with Crippen LogP contribution in [0.5, 0.6) is 0 Å². The summed E-state index contributed by atoms with van der Waals surface area (Å²) in [6.45, 7) is 0. The monoisotopic (exact) mass is 472 g/mol. The Kier molecular flexibility index (Phi) is 5.81. The number of Topliss-reactive ketones (excluding diaryl/α,β-unsaturated/α-hetero) is 1. The fourth-order valence-electron chi connectivity index (χ4n) is 3.69. The number of aromatic nitrogens is 5. The van der Waals surface area contributed by atoms with Gasteiger partial charge in [-0.15, -0.1) is 10.2 Å². The van der Waals surface area contributed by atoms with Crippen LogP contribution in [0.25, 0.3) is 22.5 Å². The van der Waals surface area contributed by atoms with E-state index in [0.717, 1.165) is 35.7 Å². The lowest BCUT2D eigenvalue weighted by atomic mass is 10.0. The molecular weight excluding hydrogens is 452 g/mol. The minimum absolute atomic E-state index is 0.0740. The summed E-state index contributed by atoms with van der Waals surface area (Å²) >= 11 is 1.06. The molecule has 0 radical (unpaired) electrons. The first-order valence-electron chi connectivity index (χ1n) is 10.7. The van der Waals surface area contributed by atoms with Crippen molar-refractivity contribution in [3.63, 3.8) is 0 Å². The number of ketones is 1. The molecule has 3 N–H and O–H groups in total. The predicted molar refractivity (Wildman–Crippen MR) is 130 cm³/mol. The average molecular weight is 473 g/mol. The zero-order valence-corrected chi connectivity index (χ0v) is 18.8. The van der Waals surface area contributed by atoms with Crippen molar-refractivity contribution in [2.24, 2.45) is 0 Å². The number of nitrogen functional groups attached to an aromatic ring is 1. The SMILES string of the molecule is Nc1c(C(=O)CSc2nnc(-c3ccccc3)c(-c3ccccc3)n2)c(=O)[nH]c(=O)n1C1CC1. The third-order valence-electron chi connectivity index (χ3n) is 5.47. The first kappa shape index (κ1) is 21.8. The molecule has 2 aromatic carbocycles. The summed E-state index contributed by atoms with van der Waals surface area (Å²) in [4.78, 5) is 44.2. The van der Waals surface area contributed by atoms with Crippen LogP contribution in [0.3, 0.4) is 0 Å². The summed E-state index contributed by atoms with van der Waals surface area (Å²) in [5.74, 6) is -0.725. The third kappa shape index (κ3) is 4.27. The van der Waals surface area contributed by atoms with Gasteiger partial charge >= 0.3 is 5.69 Å². The molecule has 1 fully saturated rings. The molecule has 34 heavy (non-hydrogen) atoms. The van der Waals surface area contributed by atoms with Gasteiger partial charge in [-0.3, -0.25) is 19.1 Å². The highest BCUT2D eigenvalue weighted by atomic mass is 32.2. The second-order valence-corrected chi connectivity index (χ2v) is 8.80.